The highest BCUT2D eigenvalue weighted by Crippen LogP contribution is 2.45. The Morgan fingerprint density at radius 2 is 2.00 bits per heavy atom. The van der Waals surface area contributed by atoms with Crippen LogP contribution in [0.5, 0.6) is 0 Å². The first-order chi connectivity index (χ1) is 14.7. The topological polar surface area (TPSA) is 114 Å². The van der Waals surface area contributed by atoms with Gasteiger partial charge in [-0.25, -0.2) is 18.7 Å². The lowest BCUT2D eigenvalue weighted by Gasteiger charge is -2.40. The van der Waals surface area contributed by atoms with Crippen molar-refractivity contribution in [2.45, 2.75) is 69.0 Å². The van der Waals surface area contributed by atoms with Gasteiger partial charge in [0.25, 0.3) is 5.92 Å². The molecule has 3 saturated heterocycles. The van der Waals surface area contributed by atoms with Crippen LogP contribution in [0.15, 0.2) is 18.6 Å². The normalized spacial score (nSPS) is 34.9. The molecule has 0 saturated carbocycles. The number of nitrogen functional groups attached to an aromatic ring is 1. The number of piperidine rings is 1. The molecule has 0 aliphatic carbocycles. The van der Waals surface area contributed by atoms with E-state index in [2.05, 4.69) is 9.97 Å². The van der Waals surface area contributed by atoms with Crippen LogP contribution in [0.3, 0.4) is 0 Å². The largest absolute Gasteiger partial charge is 0.383 e. The number of ether oxygens (including phenoxy) is 3. The Balaban J connectivity index is 1.45. The van der Waals surface area contributed by atoms with Crippen molar-refractivity contribution in [3.63, 3.8) is 0 Å². The van der Waals surface area contributed by atoms with E-state index in [1.807, 2.05) is 30.7 Å². The lowest BCUT2D eigenvalue weighted by Crippen LogP contribution is -2.55. The van der Waals surface area contributed by atoms with E-state index in [1.165, 1.54) is 6.33 Å². The summed E-state index contributed by atoms with van der Waals surface area (Å²) in [6.07, 6.45) is 1.60. The maximum absolute atomic E-state index is 14.1. The molecule has 170 valence electrons. The smallest absolute Gasteiger partial charge is 0.260 e. The second kappa shape index (κ2) is 7.31. The Kier molecular flexibility index (Phi) is 4.94. The molecule has 0 aromatic carbocycles. The first kappa shape index (κ1) is 21.0. The lowest BCUT2D eigenvalue weighted by atomic mass is 9.98. The molecule has 9 nitrogen and oxygen atoms in total. The number of fused-ring (bicyclic) bond motifs is 2. The third-order valence-corrected chi connectivity index (χ3v) is 6.42. The fraction of sp³-hybridized carbons (Fsp3) is 0.700. The van der Waals surface area contributed by atoms with E-state index in [9.17, 15) is 8.78 Å². The molecule has 0 radical (unpaired) electrons. The zero-order chi connectivity index (χ0) is 22.0. The van der Waals surface area contributed by atoms with Gasteiger partial charge in [-0.2, -0.15) is 0 Å². The Bertz CT molecular complexity index is 970. The number of alkyl halides is 2. The maximum atomic E-state index is 14.1. The van der Waals surface area contributed by atoms with Crippen LogP contribution < -0.4 is 11.5 Å². The number of nitrogens with zero attached hydrogens (tertiary/aromatic N) is 4. The van der Waals surface area contributed by atoms with Crippen LogP contribution in [0.4, 0.5) is 14.6 Å². The van der Waals surface area contributed by atoms with Crippen molar-refractivity contribution in [1.82, 2.24) is 19.4 Å². The minimum Gasteiger partial charge on any atom is -0.383 e. The van der Waals surface area contributed by atoms with Crippen LogP contribution in [0, 0.1) is 0 Å². The average Bonchev–Trinajstić information content (AvgIpc) is 3.34. The Labute approximate surface area is 178 Å². The third-order valence-electron chi connectivity index (χ3n) is 6.42. The number of hydrogen-bond donors (Lipinski definition) is 2. The summed E-state index contributed by atoms with van der Waals surface area (Å²) >= 11 is 0. The molecule has 2 aromatic heterocycles. The van der Waals surface area contributed by atoms with E-state index in [1.54, 1.807) is 4.90 Å². The van der Waals surface area contributed by atoms with Crippen molar-refractivity contribution < 1.29 is 23.0 Å². The number of nitrogens with two attached hydrogens (primary N) is 2. The van der Waals surface area contributed by atoms with Crippen molar-refractivity contribution in [2.24, 2.45) is 5.73 Å². The first-order valence-electron chi connectivity index (χ1n) is 10.6. The minimum atomic E-state index is -2.74. The fourth-order valence-corrected chi connectivity index (χ4v) is 5.00. The van der Waals surface area contributed by atoms with Gasteiger partial charge in [0.05, 0.1) is 11.9 Å². The highest BCUT2D eigenvalue weighted by atomic mass is 19.3. The molecule has 3 aliphatic rings. The van der Waals surface area contributed by atoms with Gasteiger partial charge >= 0.3 is 0 Å². The standard InChI is InChI=1S/C20H28F2N6O3/c1-19(2)30-14-13(8-27-9-20(21,22)5-3-11(27)7-23)29-18(15(14)31-19)28-6-4-12-16(24)25-10-26-17(12)28/h4,6,10-11,13-15,18H,3,5,7-9,23H2,1-2H3,(H2,24,25,26)/t11?,13-,14-,15-,18-/m1/s1. The molecule has 5 heterocycles. The highest BCUT2D eigenvalue weighted by molar-refractivity contribution is 5.86. The molecule has 5 atom stereocenters. The van der Waals surface area contributed by atoms with Gasteiger partial charge in [0.15, 0.2) is 12.0 Å². The Morgan fingerprint density at radius 3 is 2.77 bits per heavy atom. The molecule has 3 aliphatic heterocycles. The van der Waals surface area contributed by atoms with E-state index in [4.69, 9.17) is 25.7 Å². The summed E-state index contributed by atoms with van der Waals surface area (Å²) in [7, 11) is 0. The molecular formula is C20H28F2N6O3. The quantitative estimate of drug-likeness (QED) is 0.738. The van der Waals surface area contributed by atoms with Crippen LogP contribution in [0.1, 0.15) is 32.9 Å². The van der Waals surface area contributed by atoms with Crippen molar-refractivity contribution in [2.75, 3.05) is 25.4 Å². The van der Waals surface area contributed by atoms with Gasteiger partial charge in [-0.3, -0.25) is 4.90 Å². The average molecular weight is 438 g/mol. The van der Waals surface area contributed by atoms with Crippen molar-refractivity contribution in [3.8, 4) is 0 Å². The van der Waals surface area contributed by atoms with Crippen molar-refractivity contribution >= 4 is 16.9 Å². The second-order valence-electron chi connectivity index (χ2n) is 9.06. The summed E-state index contributed by atoms with van der Waals surface area (Å²) in [6, 6.07) is 1.71. The second-order valence-corrected chi connectivity index (χ2v) is 9.06. The third kappa shape index (κ3) is 3.68. The Morgan fingerprint density at radius 1 is 1.23 bits per heavy atom. The van der Waals surface area contributed by atoms with Crippen LogP contribution in [-0.2, 0) is 14.2 Å². The van der Waals surface area contributed by atoms with Crippen molar-refractivity contribution in [1.29, 1.82) is 0 Å². The number of aromatic nitrogens is 3. The molecule has 4 N–H and O–H groups in total. The van der Waals surface area contributed by atoms with Gasteiger partial charge in [-0.1, -0.05) is 0 Å². The maximum Gasteiger partial charge on any atom is 0.260 e. The molecule has 1 unspecified atom stereocenters. The number of likely N-dealkylation sites (tertiary alicyclic amines) is 1. The van der Waals surface area contributed by atoms with E-state index < -0.39 is 36.2 Å². The number of hydrogen-bond acceptors (Lipinski definition) is 8. The van der Waals surface area contributed by atoms with Crippen molar-refractivity contribution in [3.05, 3.63) is 18.6 Å². The van der Waals surface area contributed by atoms with Crippen LogP contribution in [-0.4, -0.2) is 75.1 Å². The van der Waals surface area contributed by atoms with E-state index in [-0.39, 0.29) is 25.6 Å². The van der Waals surface area contributed by atoms with Gasteiger partial charge in [-0.15, -0.1) is 0 Å². The molecule has 11 heteroatoms. The number of rotatable bonds is 4. The SMILES string of the molecule is CC1(C)O[C@@H]2[C@H](O1)[C@@H](CN1CC(F)(F)CCC1CN)O[C@H]2n1ccc2c(N)ncnc21. The summed E-state index contributed by atoms with van der Waals surface area (Å²) in [5, 5.41) is 0.711. The fourth-order valence-electron chi connectivity index (χ4n) is 5.00. The summed E-state index contributed by atoms with van der Waals surface area (Å²) in [5.74, 6) is -3.17. The van der Waals surface area contributed by atoms with Gasteiger partial charge in [0.2, 0.25) is 0 Å². The molecule has 5 rings (SSSR count). The van der Waals surface area contributed by atoms with E-state index in [0.29, 0.717) is 29.8 Å². The van der Waals surface area contributed by atoms with E-state index in [0.717, 1.165) is 0 Å². The number of anilines is 1. The Hall–Kier alpha value is -1.92. The number of halogens is 2. The summed E-state index contributed by atoms with van der Waals surface area (Å²) in [4.78, 5) is 10.1. The van der Waals surface area contributed by atoms with Crippen LogP contribution >= 0.6 is 0 Å². The molecule has 0 spiro atoms. The molecule has 0 amide bonds. The summed E-state index contributed by atoms with van der Waals surface area (Å²) in [5.41, 5.74) is 12.5. The lowest BCUT2D eigenvalue weighted by molar-refractivity contribution is -0.200. The molecule has 3 fully saturated rings. The van der Waals surface area contributed by atoms with Crippen LogP contribution in [0.25, 0.3) is 11.0 Å². The monoisotopic (exact) mass is 438 g/mol. The van der Waals surface area contributed by atoms with Gasteiger partial charge in [-0.05, 0) is 26.3 Å². The summed E-state index contributed by atoms with van der Waals surface area (Å²) < 4.78 is 48.8. The van der Waals surface area contributed by atoms with Crippen LogP contribution in [0.2, 0.25) is 0 Å². The zero-order valence-electron chi connectivity index (χ0n) is 17.6. The first-order valence-corrected chi connectivity index (χ1v) is 10.6. The molecule has 31 heavy (non-hydrogen) atoms. The van der Waals surface area contributed by atoms with Gasteiger partial charge < -0.3 is 30.2 Å². The molecule has 0 bridgehead atoms. The summed E-state index contributed by atoms with van der Waals surface area (Å²) in [6.45, 7) is 3.94. The highest BCUT2D eigenvalue weighted by Gasteiger charge is 2.57. The van der Waals surface area contributed by atoms with Gasteiger partial charge in [0.1, 0.15) is 36.1 Å². The predicted molar refractivity (Wildman–Crippen MR) is 108 cm³/mol. The minimum absolute atomic E-state index is 0.115. The molecule has 2 aromatic rings. The predicted octanol–water partition coefficient (Wildman–Crippen LogP) is 1.49. The van der Waals surface area contributed by atoms with Gasteiger partial charge in [0, 0.05) is 31.7 Å². The van der Waals surface area contributed by atoms with E-state index >= 15 is 0 Å². The zero-order valence-corrected chi connectivity index (χ0v) is 17.6. The molecular weight excluding hydrogens is 410 g/mol.